The van der Waals surface area contributed by atoms with E-state index in [0.717, 1.165) is 6.07 Å². The first-order valence-corrected chi connectivity index (χ1v) is 9.89. The summed E-state index contributed by atoms with van der Waals surface area (Å²) >= 11 is 0. The first-order chi connectivity index (χ1) is 15.3. The van der Waals surface area contributed by atoms with Gasteiger partial charge in [-0.3, -0.25) is 9.78 Å². The van der Waals surface area contributed by atoms with Crippen LogP contribution in [0.15, 0.2) is 48.7 Å². The smallest absolute Gasteiger partial charge is 0.202 e. The summed E-state index contributed by atoms with van der Waals surface area (Å²) in [5.74, 6) is -0.614. The number of fused-ring (bicyclic) bond motifs is 2. The Hall–Kier alpha value is -3.98. The summed E-state index contributed by atoms with van der Waals surface area (Å²) in [4.78, 5) is 16.9. The van der Waals surface area contributed by atoms with E-state index in [1.54, 1.807) is 24.3 Å². The fraction of sp³-hybridized carbons (Fsp3) is 0.217. The molecular weight excluding hydrogens is 418 g/mol. The largest absolute Gasteiger partial charge is 0.508 e. The molecule has 3 aromatic rings. The number of hydrogen-bond donors (Lipinski definition) is 4. The highest BCUT2D eigenvalue weighted by Gasteiger charge is 2.40. The Kier molecular flexibility index (Phi) is 4.56. The van der Waals surface area contributed by atoms with E-state index in [1.807, 2.05) is 6.92 Å². The Morgan fingerprint density at radius 1 is 0.844 bits per heavy atom. The normalized spacial score (nSPS) is 23.9. The maximum absolute atomic E-state index is 12.7. The molecule has 0 bridgehead atoms. The van der Waals surface area contributed by atoms with Gasteiger partial charge in [-0.1, -0.05) is 6.07 Å². The van der Waals surface area contributed by atoms with Crippen LogP contribution in [0.4, 0.5) is 0 Å². The Morgan fingerprint density at radius 3 is 2.38 bits per heavy atom. The van der Waals surface area contributed by atoms with Crippen molar-refractivity contribution in [3.05, 3.63) is 65.5 Å². The number of benzene rings is 2. The summed E-state index contributed by atoms with van der Waals surface area (Å²) in [6.45, 7) is 1.83. The SMILES string of the molecule is CC1Oc2ccc(C3Oc4cc(O)cc(O)c4C(=O)C3O)cc2OC1c1ccc(O)cn1. The maximum atomic E-state index is 12.7. The molecule has 2 aliphatic rings. The van der Waals surface area contributed by atoms with Crippen LogP contribution in [0.2, 0.25) is 0 Å². The van der Waals surface area contributed by atoms with Gasteiger partial charge in [0, 0.05) is 12.1 Å². The fourth-order valence-electron chi connectivity index (χ4n) is 3.92. The van der Waals surface area contributed by atoms with E-state index in [4.69, 9.17) is 14.2 Å². The number of aliphatic hydroxyl groups excluding tert-OH is 1. The van der Waals surface area contributed by atoms with E-state index in [9.17, 15) is 25.2 Å². The van der Waals surface area contributed by atoms with Crippen LogP contribution in [0, 0.1) is 0 Å². The second-order valence-electron chi connectivity index (χ2n) is 7.69. The molecule has 32 heavy (non-hydrogen) atoms. The number of nitrogens with zero attached hydrogens (tertiary/aromatic N) is 1. The molecule has 0 spiro atoms. The van der Waals surface area contributed by atoms with Crippen LogP contribution in [0.1, 0.15) is 40.7 Å². The van der Waals surface area contributed by atoms with Crippen molar-refractivity contribution in [2.24, 2.45) is 0 Å². The molecule has 0 aliphatic carbocycles. The minimum Gasteiger partial charge on any atom is -0.508 e. The van der Waals surface area contributed by atoms with Crippen LogP contribution >= 0.6 is 0 Å². The molecule has 9 nitrogen and oxygen atoms in total. The van der Waals surface area contributed by atoms with Gasteiger partial charge in [0.15, 0.2) is 29.8 Å². The van der Waals surface area contributed by atoms with Crippen molar-refractivity contribution in [3.8, 4) is 34.5 Å². The first-order valence-electron chi connectivity index (χ1n) is 9.89. The van der Waals surface area contributed by atoms with E-state index in [2.05, 4.69) is 4.98 Å². The number of ether oxygens (including phenoxy) is 3. The van der Waals surface area contributed by atoms with Crippen LogP contribution in [0.3, 0.4) is 0 Å². The van der Waals surface area contributed by atoms with Crippen LogP contribution in [-0.4, -0.2) is 43.4 Å². The van der Waals surface area contributed by atoms with Gasteiger partial charge in [-0.05, 0) is 36.8 Å². The molecule has 4 atom stereocenters. The highest BCUT2D eigenvalue weighted by molar-refractivity contribution is 6.05. The van der Waals surface area contributed by atoms with Gasteiger partial charge >= 0.3 is 0 Å². The van der Waals surface area contributed by atoms with Crippen molar-refractivity contribution >= 4 is 5.78 Å². The number of phenolic OH excluding ortho intramolecular Hbond substituents is 2. The van der Waals surface area contributed by atoms with Gasteiger partial charge in [-0.15, -0.1) is 0 Å². The lowest BCUT2D eigenvalue weighted by Gasteiger charge is -2.33. The van der Waals surface area contributed by atoms with Gasteiger partial charge in [0.2, 0.25) is 5.78 Å². The molecule has 164 valence electrons. The molecule has 2 aromatic carbocycles. The number of aromatic hydroxyl groups is 3. The van der Waals surface area contributed by atoms with E-state index >= 15 is 0 Å². The lowest BCUT2D eigenvalue weighted by Crippen LogP contribution is -2.36. The average Bonchev–Trinajstić information content (AvgIpc) is 2.75. The number of aliphatic hydroxyl groups is 1. The summed E-state index contributed by atoms with van der Waals surface area (Å²) in [7, 11) is 0. The van der Waals surface area contributed by atoms with E-state index in [-0.39, 0.29) is 28.9 Å². The Morgan fingerprint density at radius 2 is 1.62 bits per heavy atom. The van der Waals surface area contributed by atoms with Crippen LogP contribution in [-0.2, 0) is 0 Å². The minimum atomic E-state index is -1.58. The summed E-state index contributed by atoms with van der Waals surface area (Å²) in [6, 6.07) is 10.2. The number of carbonyl (C=O) groups is 1. The number of carbonyl (C=O) groups excluding carboxylic acids is 1. The third-order valence-electron chi connectivity index (χ3n) is 5.47. The number of pyridine rings is 1. The first kappa shape index (κ1) is 20.0. The van der Waals surface area contributed by atoms with E-state index in [0.29, 0.717) is 22.8 Å². The summed E-state index contributed by atoms with van der Waals surface area (Å²) in [5.41, 5.74) is 0.820. The molecule has 0 saturated heterocycles. The number of hydrogen-bond acceptors (Lipinski definition) is 9. The zero-order valence-electron chi connectivity index (χ0n) is 16.8. The molecule has 0 saturated carbocycles. The van der Waals surface area contributed by atoms with Crippen LogP contribution < -0.4 is 14.2 Å². The number of Topliss-reactive ketones (excluding diaryl/α,β-unsaturated/α-hetero) is 1. The van der Waals surface area contributed by atoms with Gasteiger partial charge in [0.1, 0.15) is 34.7 Å². The Bertz CT molecular complexity index is 1210. The topological polar surface area (TPSA) is 139 Å². The molecule has 4 unspecified atom stereocenters. The summed E-state index contributed by atoms with van der Waals surface area (Å²) in [5, 5.41) is 39.8. The molecule has 3 heterocycles. The van der Waals surface area contributed by atoms with E-state index < -0.39 is 29.8 Å². The van der Waals surface area contributed by atoms with Crippen molar-refractivity contribution in [1.29, 1.82) is 0 Å². The minimum absolute atomic E-state index is 0.0301. The van der Waals surface area contributed by atoms with Crippen LogP contribution in [0.25, 0.3) is 0 Å². The summed E-state index contributed by atoms with van der Waals surface area (Å²) in [6.07, 6.45) is -2.26. The second kappa shape index (κ2) is 7.31. The lowest BCUT2D eigenvalue weighted by atomic mass is 9.92. The molecule has 5 rings (SSSR count). The standard InChI is InChI=1S/C23H19NO8/c1-10-22(14-4-3-12(25)9-24-14)31-17-6-11(2-5-16(17)30-10)23-21(29)20(28)19-15(27)7-13(26)8-18(19)32-23/h2-10,21-23,25-27,29H,1H3. The van der Waals surface area contributed by atoms with Gasteiger partial charge in [-0.25, -0.2) is 0 Å². The van der Waals surface area contributed by atoms with Gasteiger partial charge < -0.3 is 34.6 Å². The van der Waals surface area contributed by atoms with Crippen LogP contribution in [0.5, 0.6) is 34.5 Å². The van der Waals surface area contributed by atoms with Gasteiger partial charge in [0.05, 0.1) is 11.9 Å². The van der Waals surface area contributed by atoms with Crippen molar-refractivity contribution in [2.75, 3.05) is 0 Å². The quantitative estimate of drug-likeness (QED) is 0.477. The second-order valence-corrected chi connectivity index (χ2v) is 7.69. The Labute approximate surface area is 182 Å². The third-order valence-corrected chi connectivity index (χ3v) is 5.47. The molecule has 4 N–H and O–H groups in total. The van der Waals surface area contributed by atoms with Gasteiger partial charge in [0.25, 0.3) is 0 Å². The highest BCUT2D eigenvalue weighted by Crippen LogP contribution is 2.45. The predicted molar refractivity (Wildman–Crippen MR) is 109 cm³/mol. The molecule has 0 radical (unpaired) electrons. The zero-order chi connectivity index (χ0) is 22.6. The number of aromatic nitrogens is 1. The molecule has 9 heteroatoms. The highest BCUT2D eigenvalue weighted by atomic mass is 16.6. The average molecular weight is 437 g/mol. The molecule has 0 fully saturated rings. The zero-order valence-corrected chi connectivity index (χ0v) is 16.8. The van der Waals surface area contributed by atoms with Gasteiger partial charge in [-0.2, -0.15) is 0 Å². The van der Waals surface area contributed by atoms with Crippen molar-refractivity contribution in [2.45, 2.75) is 31.3 Å². The number of rotatable bonds is 2. The van der Waals surface area contributed by atoms with Crippen molar-refractivity contribution < 1.29 is 39.4 Å². The molecule has 1 aromatic heterocycles. The van der Waals surface area contributed by atoms with Crippen molar-refractivity contribution in [3.63, 3.8) is 0 Å². The number of phenols is 2. The summed E-state index contributed by atoms with van der Waals surface area (Å²) < 4.78 is 17.8. The maximum Gasteiger partial charge on any atom is 0.202 e. The third kappa shape index (κ3) is 3.23. The van der Waals surface area contributed by atoms with E-state index in [1.165, 1.54) is 18.3 Å². The lowest BCUT2D eigenvalue weighted by molar-refractivity contribution is 0.0185. The number of ketones is 1. The predicted octanol–water partition coefficient (Wildman–Crippen LogP) is 2.78. The monoisotopic (exact) mass is 437 g/mol. The molecule has 0 amide bonds. The van der Waals surface area contributed by atoms with Crippen molar-refractivity contribution in [1.82, 2.24) is 4.98 Å². The molecular formula is C23H19NO8. The fourth-order valence-corrected chi connectivity index (χ4v) is 3.92. The molecule has 2 aliphatic heterocycles. The Balaban J connectivity index is 1.48.